The molecule has 2 heterocycles. The molecular formula is C18H12N4O2SZn. The van der Waals surface area contributed by atoms with Crippen LogP contribution in [0.5, 0.6) is 0 Å². The number of fused-ring (bicyclic) bond motifs is 2. The van der Waals surface area contributed by atoms with Crippen molar-refractivity contribution in [3.8, 4) is 0 Å². The Labute approximate surface area is 163 Å². The molecule has 124 valence electrons. The van der Waals surface area contributed by atoms with Crippen molar-refractivity contribution in [2.75, 3.05) is 0 Å². The maximum atomic E-state index is 12.5. The number of hydrogen-bond acceptors (Lipinski definition) is 4. The number of aromatic nitrogens is 2. The van der Waals surface area contributed by atoms with E-state index in [-0.39, 0.29) is 30.9 Å². The van der Waals surface area contributed by atoms with Crippen LogP contribution in [0.15, 0.2) is 73.1 Å². The van der Waals surface area contributed by atoms with E-state index in [9.17, 15) is 8.42 Å². The second-order valence-electron chi connectivity index (χ2n) is 5.33. The molecule has 4 rings (SSSR count). The first kappa shape index (κ1) is 18.2. The topological polar surface area (TPSA) is 88.1 Å². The predicted octanol–water partition coefficient (Wildman–Crippen LogP) is 4.74. The molecule has 0 aliphatic heterocycles. The van der Waals surface area contributed by atoms with Crippen molar-refractivity contribution >= 4 is 43.4 Å². The molecule has 2 aromatic heterocycles. The van der Waals surface area contributed by atoms with Gasteiger partial charge in [-0.15, -0.1) is 11.4 Å². The van der Waals surface area contributed by atoms with E-state index in [0.29, 0.717) is 11.0 Å². The molecule has 0 aliphatic carbocycles. The molecule has 0 N–H and O–H groups in total. The van der Waals surface area contributed by atoms with Crippen LogP contribution < -0.4 is 0 Å². The molecule has 0 aliphatic rings. The summed E-state index contributed by atoms with van der Waals surface area (Å²) in [6.07, 6.45) is 3.19. The molecule has 0 bridgehead atoms. The minimum atomic E-state index is -4.10. The molecule has 2 aromatic carbocycles. The number of rotatable bonds is 4. The summed E-state index contributed by atoms with van der Waals surface area (Å²) in [5, 5.41) is 1.62. The monoisotopic (exact) mass is 412 g/mol. The van der Waals surface area contributed by atoms with Gasteiger partial charge in [0, 0.05) is 22.6 Å². The molecule has 0 fully saturated rings. The van der Waals surface area contributed by atoms with E-state index in [2.05, 4.69) is 19.4 Å². The SMILES string of the molecule is O=S(=O)([N-]c1cccc2cccnc12)[N-]c1cccc2cccnc12.[Zn+2]. The molecule has 0 spiro atoms. The van der Waals surface area contributed by atoms with E-state index in [1.165, 1.54) is 0 Å². The van der Waals surface area contributed by atoms with Gasteiger partial charge in [-0.3, -0.25) is 18.4 Å². The van der Waals surface area contributed by atoms with Crippen LogP contribution >= 0.6 is 0 Å². The molecule has 0 saturated heterocycles. The molecule has 4 aromatic rings. The Morgan fingerprint density at radius 1 is 0.654 bits per heavy atom. The van der Waals surface area contributed by atoms with Gasteiger partial charge in [0.2, 0.25) is 0 Å². The fourth-order valence-corrected chi connectivity index (χ4v) is 3.43. The zero-order valence-electron chi connectivity index (χ0n) is 13.6. The van der Waals surface area contributed by atoms with Crippen molar-refractivity contribution in [3.05, 3.63) is 82.5 Å². The summed E-state index contributed by atoms with van der Waals surface area (Å²) in [4.78, 5) is 8.42. The molecule has 0 amide bonds. The summed E-state index contributed by atoms with van der Waals surface area (Å²) < 4.78 is 32.6. The van der Waals surface area contributed by atoms with Gasteiger partial charge in [-0.05, 0) is 22.9 Å². The van der Waals surface area contributed by atoms with E-state index < -0.39 is 10.2 Å². The second kappa shape index (κ2) is 7.35. The van der Waals surface area contributed by atoms with Gasteiger partial charge in [-0.1, -0.05) is 48.5 Å². The quantitative estimate of drug-likeness (QED) is 0.452. The van der Waals surface area contributed by atoms with Crippen molar-refractivity contribution in [1.82, 2.24) is 9.97 Å². The largest absolute Gasteiger partial charge is 2.00 e. The molecule has 0 radical (unpaired) electrons. The van der Waals surface area contributed by atoms with Crippen LogP contribution in [-0.4, -0.2) is 18.4 Å². The Morgan fingerprint density at radius 2 is 1.08 bits per heavy atom. The van der Waals surface area contributed by atoms with Crippen LogP contribution in [0.4, 0.5) is 11.4 Å². The maximum absolute atomic E-state index is 12.5. The Kier molecular flexibility index (Phi) is 5.16. The van der Waals surface area contributed by atoms with Gasteiger partial charge in [0.05, 0.1) is 11.0 Å². The molecular weight excluding hydrogens is 402 g/mol. The summed E-state index contributed by atoms with van der Waals surface area (Å²) in [6.45, 7) is 0. The van der Waals surface area contributed by atoms with E-state index >= 15 is 0 Å². The minimum absolute atomic E-state index is 0. The first-order valence-corrected chi connectivity index (χ1v) is 8.90. The Morgan fingerprint density at radius 3 is 1.54 bits per heavy atom. The number of hydrogen-bond donors (Lipinski definition) is 0. The predicted molar refractivity (Wildman–Crippen MR) is 98.4 cm³/mol. The molecule has 6 nitrogen and oxygen atoms in total. The van der Waals surface area contributed by atoms with Gasteiger partial charge in [0.25, 0.3) is 0 Å². The minimum Gasteiger partial charge on any atom is -0.589 e. The average molecular weight is 414 g/mol. The normalized spacial score (nSPS) is 11.1. The molecule has 8 heteroatoms. The van der Waals surface area contributed by atoms with Crippen LogP contribution in [0, 0.1) is 0 Å². The third-order valence-electron chi connectivity index (χ3n) is 3.65. The van der Waals surface area contributed by atoms with Gasteiger partial charge in [0.1, 0.15) is 0 Å². The van der Waals surface area contributed by atoms with Crippen molar-refractivity contribution in [3.63, 3.8) is 0 Å². The zero-order chi connectivity index (χ0) is 17.3. The molecule has 0 atom stereocenters. The summed E-state index contributed by atoms with van der Waals surface area (Å²) in [7, 11) is -4.10. The van der Waals surface area contributed by atoms with Gasteiger partial charge in [-0.2, -0.15) is 0 Å². The standard InChI is InChI=1S/C18H12N4O2S.Zn/c23-25(24,21-15-9-1-5-13-7-3-11-19-17(13)15)22-16-10-2-6-14-8-4-12-20-18(14)16;/h1-12H;/q-2;+2. The number of pyridine rings is 2. The Bertz CT molecular complexity index is 1080. The van der Waals surface area contributed by atoms with Gasteiger partial charge >= 0.3 is 19.5 Å². The Hall–Kier alpha value is -2.57. The van der Waals surface area contributed by atoms with E-state index in [4.69, 9.17) is 0 Å². The molecule has 0 saturated carbocycles. The summed E-state index contributed by atoms with van der Waals surface area (Å²) in [5.41, 5.74) is 1.55. The average Bonchev–Trinajstić information content (AvgIpc) is 2.62. The smallest absolute Gasteiger partial charge is 0.589 e. The van der Waals surface area contributed by atoms with Gasteiger partial charge in [-0.25, -0.2) is 0 Å². The van der Waals surface area contributed by atoms with Crippen molar-refractivity contribution in [2.24, 2.45) is 0 Å². The van der Waals surface area contributed by atoms with Gasteiger partial charge in [0.15, 0.2) is 0 Å². The third kappa shape index (κ3) is 3.66. The first-order valence-electron chi connectivity index (χ1n) is 7.51. The van der Waals surface area contributed by atoms with Gasteiger partial charge < -0.3 is 9.44 Å². The number of nitrogens with zero attached hydrogens (tertiary/aromatic N) is 4. The summed E-state index contributed by atoms with van der Waals surface area (Å²) in [6, 6.07) is 17.6. The summed E-state index contributed by atoms with van der Waals surface area (Å²) >= 11 is 0. The van der Waals surface area contributed by atoms with Crippen molar-refractivity contribution in [2.45, 2.75) is 0 Å². The van der Waals surface area contributed by atoms with Crippen LogP contribution in [-0.2, 0) is 29.7 Å². The van der Waals surface area contributed by atoms with Crippen LogP contribution in [0.3, 0.4) is 0 Å². The Balaban J connectivity index is 0.00000196. The number of benzene rings is 2. The molecule has 26 heavy (non-hydrogen) atoms. The number of para-hydroxylation sites is 2. The fourth-order valence-electron chi connectivity index (χ4n) is 2.59. The molecule has 0 unspecified atom stereocenters. The zero-order valence-corrected chi connectivity index (χ0v) is 17.4. The van der Waals surface area contributed by atoms with E-state index in [1.54, 1.807) is 48.8 Å². The van der Waals surface area contributed by atoms with Crippen LogP contribution in [0.1, 0.15) is 0 Å². The maximum Gasteiger partial charge on any atom is 2.00 e. The fraction of sp³-hybridized carbons (Fsp3) is 0. The van der Waals surface area contributed by atoms with Crippen LogP contribution in [0.2, 0.25) is 0 Å². The second-order valence-corrected chi connectivity index (χ2v) is 6.60. The third-order valence-corrected chi connectivity index (χ3v) is 4.51. The summed E-state index contributed by atoms with van der Waals surface area (Å²) in [5.74, 6) is 0. The van der Waals surface area contributed by atoms with Crippen LogP contribution in [0.25, 0.3) is 31.3 Å². The van der Waals surface area contributed by atoms with E-state index in [1.807, 2.05) is 24.3 Å². The first-order chi connectivity index (χ1) is 12.1. The van der Waals surface area contributed by atoms with E-state index in [0.717, 1.165) is 10.8 Å². The van der Waals surface area contributed by atoms with Crippen molar-refractivity contribution < 1.29 is 27.9 Å². The van der Waals surface area contributed by atoms with Crippen molar-refractivity contribution in [1.29, 1.82) is 0 Å².